The van der Waals surface area contributed by atoms with Gasteiger partial charge in [0, 0.05) is 51.5 Å². The summed E-state index contributed by atoms with van der Waals surface area (Å²) in [4.78, 5) is 16.7. The molecule has 22 heavy (non-hydrogen) atoms. The van der Waals surface area contributed by atoms with Crippen LogP contribution in [-0.2, 0) is 13.6 Å². The van der Waals surface area contributed by atoms with Gasteiger partial charge in [-0.1, -0.05) is 23.7 Å². The first-order valence-corrected chi connectivity index (χ1v) is 7.75. The van der Waals surface area contributed by atoms with Crippen molar-refractivity contribution in [1.29, 1.82) is 0 Å². The molecule has 0 radical (unpaired) electrons. The largest absolute Gasteiger partial charge is 0.336 e. The Morgan fingerprint density at radius 1 is 1.23 bits per heavy atom. The molecule has 1 aliphatic heterocycles. The van der Waals surface area contributed by atoms with Crippen molar-refractivity contribution in [1.82, 2.24) is 19.6 Å². The quantitative estimate of drug-likeness (QED) is 0.869. The van der Waals surface area contributed by atoms with Gasteiger partial charge in [0.1, 0.15) is 0 Å². The van der Waals surface area contributed by atoms with E-state index in [0.29, 0.717) is 10.6 Å². The molecular weight excluding hydrogens is 300 g/mol. The second kappa shape index (κ2) is 6.50. The van der Waals surface area contributed by atoms with Crippen molar-refractivity contribution in [3.8, 4) is 0 Å². The Hall–Kier alpha value is -1.85. The first kappa shape index (κ1) is 15.1. The van der Waals surface area contributed by atoms with Crippen LogP contribution in [0.2, 0.25) is 5.02 Å². The number of halogens is 1. The summed E-state index contributed by atoms with van der Waals surface area (Å²) in [6.07, 6.45) is 3.92. The zero-order valence-electron chi connectivity index (χ0n) is 12.6. The third-order valence-corrected chi connectivity index (χ3v) is 4.26. The maximum atomic E-state index is 12.5. The molecule has 2 heterocycles. The number of hydrogen-bond acceptors (Lipinski definition) is 3. The molecule has 2 aromatic rings. The molecule has 3 rings (SSSR count). The highest BCUT2D eigenvalue weighted by molar-refractivity contribution is 6.33. The van der Waals surface area contributed by atoms with Crippen molar-refractivity contribution in [3.63, 3.8) is 0 Å². The van der Waals surface area contributed by atoms with Crippen LogP contribution < -0.4 is 0 Å². The van der Waals surface area contributed by atoms with E-state index >= 15 is 0 Å². The van der Waals surface area contributed by atoms with Crippen LogP contribution in [0.4, 0.5) is 0 Å². The van der Waals surface area contributed by atoms with Gasteiger partial charge in [0.2, 0.25) is 0 Å². The second-order valence-electron chi connectivity index (χ2n) is 5.57. The topological polar surface area (TPSA) is 41.4 Å². The van der Waals surface area contributed by atoms with Crippen LogP contribution in [0.1, 0.15) is 15.9 Å². The van der Waals surface area contributed by atoms with E-state index in [2.05, 4.69) is 10.00 Å². The van der Waals surface area contributed by atoms with Gasteiger partial charge in [-0.15, -0.1) is 0 Å². The third kappa shape index (κ3) is 3.31. The van der Waals surface area contributed by atoms with Crippen LogP contribution in [0, 0.1) is 0 Å². The molecule has 1 saturated heterocycles. The highest BCUT2D eigenvalue weighted by atomic mass is 35.5. The molecule has 0 atom stereocenters. The van der Waals surface area contributed by atoms with Crippen LogP contribution in [0.3, 0.4) is 0 Å². The summed E-state index contributed by atoms with van der Waals surface area (Å²) >= 11 is 6.11. The fourth-order valence-electron chi connectivity index (χ4n) is 2.73. The minimum Gasteiger partial charge on any atom is -0.336 e. The first-order valence-electron chi connectivity index (χ1n) is 7.37. The van der Waals surface area contributed by atoms with E-state index in [0.717, 1.165) is 32.7 Å². The molecule has 0 spiro atoms. The molecule has 5 nitrogen and oxygen atoms in total. The van der Waals surface area contributed by atoms with Crippen molar-refractivity contribution in [2.45, 2.75) is 6.54 Å². The summed E-state index contributed by atoms with van der Waals surface area (Å²) < 4.78 is 1.81. The number of hydrogen-bond donors (Lipinski definition) is 0. The molecule has 1 aromatic carbocycles. The van der Waals surface area contributed by atoms with Gasteiger partial charge >= 0.3 is 0 Å². The van der Waals surface area contributed by atoms with Gasteiger partial charge in [-0.05, 0) is 12.1 Å². The number of aryl methyl sites for hydroxylation is 1. The van der Waals surface area contributed by atoms with Crippen LogP contribution in [0.5, 0.6) is 0 Å². The molecule has 6 heteroatoms. The molecule has 1 fully saturated rings. The van der Waals surface area contributed by atoms with Gasteiger partial charge in [0.25, 0.3) is 5.91 Å². The van der Waals surface area contributed by atoms with E-state index in [4.69, 9.17) is 11.6 Å². The van der Waals surface area contributed by atoms with Gasteiger partial charge in [-0.25, -0.2) is 0 Å². The number of aromatic nitrogens is 2. The van der Waals surface area contributed by atoms with Crippen LogP contribution >= 0.6 is 11.6 Å². The maximum Gasteiger partial charge on any atom is 0.255 e. The normalized spacial score (nSPS) is 16.0. The fourth-order valence-corrected chi connectivity index (χ4v) is 2.94. The molecule has 0 bridgehead atoms. The average molecular weight is 319 g/mol. The number of piperazine rings is 1. The summed E-state index contributed by atoms with van der Waals surface area (Å²) in [5.74, 6) is 0.0200. The minimum atomic E-state index is 0.0200. The Bertz CT molecular complexity index is 662. The lowest BCUT2D eigenvalue weighted by Crippen LogP contribution is -2.48. The summed E-state index contributed by atoms with van der Waals surface area (Å²) in [7, 11) is 1.92. The molecule has 0 N–H and O–H groups in total. The van der Waals surface area contributed by atoms with Gasteiger partial charge < -0.3 is 4.90 Å². The molecule has 1 amide bonds. The van der Waals surface area contributed by atoms with Crippen LogP contribution in [0.25, 0.3) is 0 Å². The second-order valence-corrected chi connectivity index (χ2v) is 5.98. The Morgan fingerprint density at radius 3 is 2.59 bits per heavy atom. The van der Waals surface area contributed by atoms with Gasteiger partial charge in [0.05, 0.1) is 16.8 Å². The number of benzene rings is 1. The lowest BCUT2D eigenvalue weighted by Gasteiger charge is -2.34. The number of rotatable bonds is 3. The SMILES string of the molecule is Cn1cc(CN2CCN(C(=O)c3ccccc3Cl)CC2)cn1. The molecule has 116 valence electrons. The van der Waals surface area contributed by atoms with Crippen molar-refractivity contribution < 1.29 is 4.79 Å². The number of carbonyl (C=O) groups is 1. The number of amides is 1. The highest BCUT2D eigenvalue weighted by Crippen LogP contribution is 2.18. The van der Waals surface area contributed by atoms with E-state index in [9.17, 15) is 4.79 Å². The van der Waals surface area contributed by atoms with Gasteiger partial charge in [-0.2, -0.15) is 5.10 Å². The fraction of sp³-hybridized carbons (Fsp3) is 0.375. The Kier molecular flexibility index (Phi) is 4.45. The lowest BCUT2D eigenvalue weighted by molar-refractivity contribution is 0.0628. The highest BCUT2D eigenvalue weighted by Gasteiger charge is 2.23. The van der Waals surface area contributed by atoms with Crippen molar-refractivity contribution in [2.24, 2.45) is 7.05 Å². The Morgan fingerprint density at radius 2 is 1.95 bits per heavy atom. The zero-order chi connectivity index (χ0) is 15.5. The number of carbonyl (C=O) groups excluding carboxylic acids is 1. The third-order valence-electron chi connectivity index (χ3n) is 3.93. The molecule has 0 unspecified atom stereocenters. The predicted octanol–water partition coefficient (Wildman–Crippen LogP) is 2.03. The van der Waals surface area contributed by atoms with E-state index in [-0.39, 0.29) is 5.91 Å². The van der Waals surface area contributed by atoms with Crippen LogP contribution in [-0.4, -0.2) is 51.7 Å². The Balaban J connectivity index is 1.57. The van der Waals surface area contributed by atoms with Gasteiger partial charge in [0.15, 0.2) is 0 Å². The van der Waals surface area contributed by atoms with Crippen molar-refractivity contribution >= 4 is 17.5 Å². The molecular formula is C16H19ClN4O. The summed E-state index contributed by atoms with van der Waals surface area (Å²) in [6.45, 7) is 4.06. The minimum absolute atomic E-state index is 0.0200. The average Bonchev–Trinajstić information content (AvgIpc) is 2.93. The van der Waals surface area contributed by atoms with Gasteiger partial charge in [-0.3, -0.25) is 14.4 Å². The molecule has 0 aliphatic carbocycles. The van der Waals surface area contributed by atoms with E-state index in [1.807, 2.05) is 41.2 Å². The predicted molar refractivity (Wildman–Crippen MR) is 85.8 cm³/mol. The van der Waals surface area contributed by atoms with E-state index in [1.165, 1.54) is 5.56 Å². The van der Waals surface area contributed by atoms with E-state index in [1.54, 1.807) is 12.1 Å². The first-order chi connectivity index (χ1) is 10.6. The summed E-state index contributed by atoms with van der Waals surface area (Å²) in [5, 5.41) is 4.70. The maximum absolute atomic E-state index is 12.5. The molecule has 1 aromatic heterocycles. The lowest BCUT2D eigenvalue weighted by atomic mass is 10.1. The van der Waals surface area contributed by atoms with E-state index < -0.39 is 0 Å². The molecule has 1 aliphatic rings. The number of nitrogens with zero attached hydrogens (tertiary/aromatic N) is 4. The zero-order valence-corrected chi connectivity index (χ0v) is 13.3. The Labute approximate surface area is 135 Å². The monoisotopic (exact) mass is 318 g/mol. The summed E-state index contributed by atoms with van der Waals surface area (Å²) in [5.41, 5.74) is 1.79. The molecule has 0 saturated carbocycles. The van der Waals surface area contributed by atoms with Crippen molar-refractivity contribution in [2.75, 3.05) is 26.2 Å². The van der Waals surface area contributed by atoms with Crippen molar-refractivity contribution in [3.05, 3.63) is 52.8 Å². The standard InChI is InChI=1S/C16H19ClN4O/c1-19-11-13(10-18-19)12-20-6-8-21(9-7-20)16(22)14-4-2-3-5-15(14)17/h2-5,10-11H,6-9,12H2,1H3. The smallest absolute Gasteiger partial charge is 0.255 e. The summed E-state index contributed by atoms with van der Waals surface area (Å²) in [6, 6.07) is 7.23. The van der Waals surface area contributed by atoms with Crippen LogP contribution in [0.15, 0.2) is 36.7 Å².